The molecule has 0 atom stereocenters. The lowest BCUT2D eigenvalue weighted by Gasteiger charge is -2.24. The molecule has 33 heavy (non-hydrogen) atoms. The number of amides is 1. The Labute approximate surface area is 189 Å². The van der Waals surface area contributed by atoms with Crippen molar-refractivity contribution in [2.45, 2.75) is 19.6 Å². The summed E-state index contributed by atoms with van der Waals surface area (Å²) in [6, 6.07) is 15.0. The van der Waals surface area contributed by atoms with Crippen molar-refractivity contribution in [3.63, 3.8) is 0 Å². The quantitative estimate of drug-likeness (QED) is 0.524. The molecule has 0 aliphatic carbocycles. The summed E-state index contributed by atoms with van der Waals surface area (Å²) in [6.07, 6.45) is -3.32. The lowest BCUT2D eigenvalue weighted by Crippen LogP contribution is -2.41. The van der Waals surface area contributed by atoms with Crippen molar-refractivity contribution < 1.29 is 35.9 Å². The smallest absolute Gasteiger partial charge is 0.406 e. The molecular weight excluding hydrogens is 461 g/mol. The highest BCUT2D eigenvalue weighted by molar-refractivity contribution is 7.92. The molecule has 0 aliphatic heterocycles. The van der Waals surface area contributed by atoms with Crippen LogP contribution in [-0.4, -0.2) is 51.1 Å². The number of esters is 1. The average Bonchev–Trinajstić information content (AvgIpc) is 2.75. The Kier molecular flexibility index (Phi) is 9.18. The van der Waals surface area contributed by atoms with Gasteiger partial charge in [-0.15, -0.1) is 0 Å². The van der Waals surface area contributed by atoms with Gasteiger partial charge in [0.05, 0.1) is 0 Å². The van der Waals surface area contributed by atoms with E-state index >= 15 is 0 Å². The van der Waals surface area contributed by atoms with Crippen LogP contribution >= 0.6 is 0 Å². The molecule has 0 saturated carbocycles. The van der Waals surface area contributed by atoms with E-state index in [1.54, 1.807) is 54.6 Å². The van der Waals surface area contributed by atoms with Gasteiger partial charge in [-0.3, -0.25) is 9.59 Å². The largest absolute Gasteiger partial charge is 0.455 e. The summed E-state index contributed by atoms with van der Waals surface area (Å²) in [5.41, 5.74) is 2.10. The number of carbonyl (C=O) groups excluding carboxylic acids is 2. The van der Waals surface area contributed by atoms with E-state index in [1.165, 1.54) is 6.08 Å². The first-order chi connectivity index (χ1) is 15.4. The number of alkyl halides is 3. The summed E-state index contributed by atoms with van der Waals surface area (Å²) in [4.78, 5) is 24.5. The first-order valence-electron chi connectivity index (χ1n) is 9.72. The number of benzene rings is 2. The predicted octanol–water partition coefficient (Wildman–Crippen LogP) is 3.02. The van der Waals surface area contributed by atoms with Crippen LogP contribution in [0.4, 0.5) is 13.2 Å². The minimum atomic E-state index is -4.64. The number of nitrogens with one attached hydrogen (secondary N) is 1. The lowest BCUT2D eigenvalue weighted by atomic mass is 10.2. The fourth-order valence-electron chi connectivity index (χ4n) is 2.59. The van der Waals surface area contributed by atoms with Crippen molar-refractivity contribution in [3.05, 3.63) is 76.7 Å². The summed E-state index contributed by atoms with van der Waals surface area (Å²) in [6.45, 7) is -1.71. The molecule has 0 unspecified atom stereocenters. The second-order valence-corrected chi connectivity index (χ2v) is 8.74. The molecule has 1 N–H and O–H groups in total. The fraction of sp³-hybridized carbons (Fsp3) is 0.273. The van der Waals surface area contributed by atoms with Crippen LogP contribution in [0.25, 0.3) is 6.08 Å². The normalized spacial score (nSPS) is 12.0. The molecule has 2 rings (SSSR count). The lowest BCUT2D eigenvalue weighted by molar-refractivity contribution is -0.167. The maximum atomic E-state index is 12.8. The Morgan fingerprint density at radius 2 is 1.70 bits per heavy atom. The highest BCUT2D eigenvalue weighted by Crippen LogP contribution is 2.18. The SMILES string of the molecule is Cc1ccc(/C=C/S(=O)(=O)NCC(=O)OCC(=O)N(Cc2ccccc2)CC(F)(F)F)cc1. The minimum absolute atomic E-state index is 0.326. The van der Waals surface area contributed by atoms with Crippen LogP contribution in [0.1, 0.15) is 16.7 Å². The van der Waals surface area contributed by atoms with E-state index in [0.717, 1.165) is 11.0 Å². The second kappa shape index (κ2) is 11.6. The number of nitrogens with zero attached hydrogens (tertiary/aromatic N) is 1. The molecular formula is C22H23F3N2O5S. The van der Waals surface area contributed by atoms with Gasteiger partial charge in [0, 0.05) is 12.0 Å². The summed E-state index contributed by atoms with van der Waals surface area (Å²) < 4.78 is 69.1. The van der Waals surface area contributed by atoms with E-state index in [-0.39, 0.29) is 6.54 Å². The van der Waals surface area contributed by atoms with Gasteiger partial charge in [0.1, 0.15) is 13.1 Å². The van der Waals surface area contributed by atoms with E-state index in [9.17, 15) is 31.2 Å². The topological polar surface area (TPSA) is 92.8 Å². The van der Waals surface area contributed by atoms with E-state index in [1.807, 2.05) is 11.6 Å². The van der Waals surface area contributed by atoms with Crippen molar-refractivity contribution in [3.8, 4) is 0 Å². The highest BCUT2D eigenvalue weighted by Gasteiger charge is 2.33. The maximum Gasteiger partial charge on any atom is 0.406 e. The van der Waals surface area contributed by atoms with Gasteiger partial charge in [-0.25, -0.2) is 13.1 Å². The van der Waals surface area contributed by atoms with Gasteiger partial charge < -0.3 is 9.64 Å². The Bertz CT molecular complexity index is 1070. The van der Waals surface area contributed by atoms with Crippen molar-refractivity contribution in [1.82, 2.24) is 9.62 Å². The van der Waals surface area contributed by atoms with Crippen LogP contribution < -0.4 is 4.72 Å². The van der Waals surface area contributed by atoms with Gasteiger partial charge in [-0.05, 0) is 24.1 Å². The second-order valence-electron chi connectivity index (χ2n) is 7.09. The molecule has 0 bridgehead atoms. The van der Waals surface area contributed by atoms with Crippen LogP contribution in [0.3, 0.4) is 0 Å². The Morgan fingerprint density at radius 1 is 1.06 bits per heavy atom. The van der Waals surface area contributed by atoms with E-state index in [4.69, 9.17) is 0 Å². The van der Waals surface area contributed by atoms with Crippen LogP contribution in [0.5, 0.6) is 0 Å². The van der Waals surface area contributed by atoms with E-state index in [0.29, 0.717) is 16.0 Å². The Hall–Kier alpha value is -3.18. The molecule has 0 radical (unpaired) electrons. The third-order valence-corrected chi connectivity index (χ3v) is 5.27. The van der Waals surface area contributed by atoms with Gasteiger partial charge >= 0.3 is 12.1 Å². The molecule has 0 saturated heterocycles. The molecule has 1 amide bonds. The molecule has 7 nitrogen and oxygen atoms in total. The Balaban J connectivity index is 1.87. The zero-order chi connectivity index (χ0) is 24.5. The van der Waals surface area contributed by atoms with Crippen LogP contribution in [0.15, 0.2) is 60.0 Å². The van der Waals surface area contributed by atoms with Crippen LogP contribution in [-0.2, 0) is 30.9 Å². The summed E-state index contributed by atoms with van der Waals surface area (Å²) in [7, 11) is -3.98. The zero-order valence-electron chi connectivity index (χ0n) is 17.7. The molecule has 2 aromatic rings. The summed E-state index contributed by atoms with van der Waals surface area (Å²) in [5.74, 6) is -2.17. The molecule has 0 heterocycles. The number of aryl methyl sites for hydroxylation is 1. The van der Waals surface area contributed by atoms with Gasteiger partial charge in [0.15, 0.2) is 6.61 Å². The van der Waals surface area contributed by atoms with Crippen molar-refractivity contribution >= 4 is 28.0 Å². The van der Waals surface area contributed by atoms with Gasteiger partial charge in [-0.2, -0.15) is 13.2 Å². The van der Waals surface area contributed by atoms with Crippen molar-refractivity contribution in [2.75, 3.05) is 19.7 Å². The predicted molar refractivity (Wildman–Crippen MR) is 116 cm³/mol. The van der Waals surface area contributed by atoms with Crippen LogP contribution in [0.2, 0.25) is 0 Å². The third-order valence-electron chi connectivity index (χ3n) is 4.23. The van der Waals surface area contributed by atoms with Gasteiger partial charge in [-0.1, -0.05) is 60.2 Å². The number of ether oxygens (including phenoxy) is 1. The third kappa shape index (κ3) is 10.3. The first kappa shape index (κ1) is 26.1. The molecule has 0 fully saturated rings. The minimum Gasteiger partial charge on any atom is -0.455 e. The zero-order valence-corrected chi connectivity index (χ0v) is 18.5. The molecule has 0 aliphatic rings. The summed E-state index contributed by atoms with van der Waals surface area (Å²) in [5, 5.41) is 0.862. The molecule has 11 heteroatoms. The molecule has 178 valence electrons. The van der Waals surface area contributed by atoms with Gasteiger partial charge in [0.2, 0.25) is 10.0 Å². The molecule has 0 aromatic heterocycles. The number of sulfonamides is 1. The summed E-state index contributed by atoms with van der Waals surface area (Å²) >= 11 is 0. The highest BCUT2D eigenvalue weighted by atomic mass is 32.2. The number of hydrogen-bond donors (Lipinski definition) is 1. The van der Waals surface area contributed by atoms with E-state index < -0.39 is 47.8 Å². The maximum absolute atomic E-state index is 12.8. The van der Waals surface area contributed by atoms with E-state index in [2.05, 4.69) is 4.74 Å². The van der Waals surface area contributed by atoms with Crippen LogP contribution in [0, 0.1) is 6.92 Å². The monoisotopic (exact) mass is 484 g/mol. The number of hydrogen-bond acceptors (Lipinski definition) is 5. The molecule has 2 aromatic carbocycles. The first-order valence-corrected chi connectivity index (χ1v) is 11.3. The van der Waals surface area contributed by atoms with Crippen molar-refractivity contribution in [2.24, 2.45) is 0 Å². The molecule has 0 spiro atoms. The van der Waals surface area contributed by atoms with Gasteiger partial charge in [0.25, 0.3) is 5.91 Å². The number of carbonyl (C=O) groups is 2. The standard InChI is InChI=1S/C22H23F3N2O5S/c1-17-7-9-18(10-8-17)11-12-33(30,31)26-13-21(29)32-15-20(28)27(16-22(23,24)25)14-19-5-3-2-4-6-19/h2-12,26H,13-16H2,1H3/b12-11+. The fourth-order valence-corrected chi connectivity index (χ4v) is 3.34. The van der Waals surface area contributed by atoms with Crippen molar-refractivity contribution in [1.29, 1.82) is 0 Å². The average molecular weight is 484 g/mol. The Morgan fingerprint density at radius 3 is 2.30 bits per heavy atom. The number of rotatable bonds is 10. The number of halogens is 3.